The maximum Gasteiger partial charge on any atom is 0.265 e. The summed E-state index contributed by atoms with van der Waals surface area (Å²) >= 11 is 9.18. The summed E-state index contributed by atoms with van der Waals surface area (Å²) in [6, 6.07) is 4.67. The van der Waals surface area contributed by atoms with Crippen molar-refractivity contribution >= 4 is 43.5 Å². The smallest absolute Gasteiger partial charge is 0.247 e. The number of hydrogen-bond donors (Lipinski definition) is 1. The standard InChI is InChI=1S/C15H15BrClN3O2S/c1-9-10-5-2-3-7-12(10)19-15(18-9)20-23(21,22)13-8-4-6-11(17)14(13)16/h4,6,8H,2-3,5,7H2,1H3,(H,18,19,20). The molecule has 0 saturated heterocycles. The average molecular weight is 417 g/mol. The van der Waals surface area contributed by atoms with Crippen molar-refractivity contribution in [2.24, 2.45) is 0 Å². The molecule has 0 aliphatic heterocycles. The number of hydrogen-bond acceptors (Lipinski definition) is 4. The summed E-state index contributed by atoms with van der Waals surface area (Å²) in [5.41, 5.74) is 2.91. The second-order valence-electron chi connectivity index (χ2n) is 5.42. The fourth-order valence-corrected chi connectivity index (χ4v) is 4.87. The van der Waals surface area contributed by atoms with Crippen LogP contribution in [0.3, 0.4) is 0 Å². The van der Waals surface area contributed by atoms with Crippen molar-refractivity contribution in [2.75, 3.05) is 4.72 Å². The first-order chi connectivity index (χ1) is 10.9. The van der Waals surface area contributed by atoms with Crippen LogP contribution in [0.15, 0.2) is 27.6 Å². The highest BCUT2D eigenvalue weighted by Crippen LogP contribution is 2.30. The third-order valence-electron chi connectivity index (χ3n) is 3.82. The molecule has 0 fully saturated rings. The van der Waals surface area contributed by atoms with Crippen LogP contribution in [0.1, 0.15) is 29.8 Å². The summed E-state index contributed by atoms with van der Waals surface area (Å²) in [6.07, 6.45) is 4.00. The zero-order valence-corrected chi connectivity index (χ0v) is 15.6. The average Bonchev–Trinajstić information content (AvgIpc) is 2.49. The Kier molecular flexibility index (Phi) is 4.62. The van der Waals surface area contributed by atoms with Gasteiger partial charge in [-0.25, -0.2) is 23.1 Å². The molecule has 1 aliphatic carbocycles. The zero-order chi connectivity index (χ0) is 16.6. The Morgan fingerprint density at radius 1 is 1.22 bits per heavy atom. The van der Waals surface area contributed by atoms with Crippen molar-refractivity contribution in [3.63, 3.8) is 0 Å². The molecule has 23 heavy (non-hydrogen) atoms. The van der Waals surface area contributed by atoms with Crippen LogP contribution in [0, 0.1) is 6.92 Å². The van der Waals surface area contributed by atoms with Gasteiger partial charge in [0, 0.05) is 11.4 Å². The van der Waals surface area contributed by atoms with Crippen molar-refractivity contribution in [1.29, 1.82) is 0 Å². The minimum absolute atomic E-state index is 0.0592. The number of halogens is 2. The predicted octanol–water partition coefficient (Wildman–Crippen LogP) is 3.88. The van der Waals surface area contributed by atoms with E-state index in [9.17, 15) is 8.42 Å². The van der Waals surface area contributed by atoms with Crippen LogP contribution in [0.4, 0.5) is 5.95 Å². The molecule has 5 nitrogen and oxygen atoms in total. The number of nitrogens with zero attached hydrogens (tertiary/aromatic N) is 2. The van der Waals surface area contributed by atoms with E-state index in [-0.39, 0.29) is 10.8 Å². The lowest BCUT2D eigenvalue weighted by Crippen LogP contribution is -2.18. The van der Waals surface area contributed by atoms with E-state index < -0.39 is 10.0 Å². The van der Waals surface area contributed by atoms with E-state index in [2.05, 4.69) is 30.6 Å². The van der Waals surface area contributed by atoms with E-state index in [4.69, 9.17) is 11.6 Å². The number of anilines is 1. The summed E-state index contributed by atoms with van der Waals surface area (Å²) in [4.78, 5) is 8.75. The molecule has 0 atom stereocenters. The minimum Gasteiger partial charge on any atom is -0.247 e. The van der Waals surface area contributed by atoms with Crippen molar-refractivity contribution in [3.8, 4) is 0 Å². The molecular formula is C15H15BrClN3O2S. The van der Waals surface area contributed by atoms with Gasteiger partial charge in [0.05, 0.1) is 9.50 Å². The molecule has 0 unspecified atom stereocenters. The first-order valence-electron chi connectivity index (χ1n) is 7.22. The third kappa shape index (κ3) is 3.36. The van der Waals surface area contributed by atoms with Crippen LogP contribution in [-0.2, 0) is 22.9 Å². The number of benzene rings is 1. The molecule has 0 radical (unpaired) electrons. The monoisotopic (exact) mass is 415 g/mol. The molecule has 122 valence electrons. The van der Waals surface area contributed by atoms with Crippen molar-refractivity contribution in [3.05, 3.63) is 44.6 Å². The van der Waals surface area contributed by atoms with Crippen LogP contribution in [0.5, 0.6) is 0 Å². The second kappa shape index (κ2) is 6.37. The Balaban J connectivity index is 1.98. The van der Waals surface area contributed by atoms with Crippen molar-refractivity contribution in [1.82, 2.24) is 9.97 Å². The maximum atomic E-state index is 12.6. The van der Waals surface area contributed by atoms with Crippen LogP contribution in [0.2, 0.25) is 5.02 Å². The molecular weight excluding hydrogens is 402 g/mol. The van der Waals surface area contributed by atoms with Crippen LogP contribution >= 0.6 is 27.5 Å². The first-order valence-corrected chi connectivity index (χ1v) is 9.87. The zero-order valence-electron chi connectivity index (χ0n) is 12.4. The van der Waals surface area contributed by atoms with Crippen LogP contribution in [-0.4, -0.2) is 18.4 Å². The number of sulfonamides is 1. The van der Waals surface area contributed by atoms with E-state index in [1.807, 2.05) is 6.92 Å². The third-order valence-corrected chi connectivity index (χ3v) is 6.85. The highest BCUT2D eigenvalue weighted by Gasteiger charge is 2.22. The molecule has 3 rings (SSSR count). The molecule has 1 aliphatic rings. The number of nitrogens with one attached hydrogen (secondary N) is 1. The lowest BCUT2D eigenvalue weighted by Gasteiger charge is -2.18. The quantitative estimate of drug-likeness (QED) is 0.824. The Morgan fingerprint density at radius 3 is 2.74 bits per heavy atom. The predicted molar refractivity (Wildman–Crippen MR) is 93.4 cm³/mol. The Morgan fingerprint density at radius 2 is 1.96 bits per heavy atom. The molecule has 1 aromatic heterocycles. The van der Waals surface area contributed by atoms with Gasteiger partial charge >= 0.3 is 0 Å². The number of aromatic nitrogens is 2. The summed E-state index contributed by atoms with van der Waals surface area (Å²) in [5, 5.41) is 0.329. The molecule has 1 N–H and O–H groups in total. The lowest BCUT2D eigenvalue weighted by molar-refractivity contribution is 0.600. The Hall–Kier alpha value is -1.18. The topological polar surface area (TPSA) is 72.0 Å². The van der Waals surface area contributed by atoms with Crippen molar-refractivity contribution < 1.29 is 8.42 Å². The van der Waals surface area contributed by atoms with E-state index in [1.165, 1.54) is 6.07 Å². The van der Waals surface area contributed by atoms with E-state index in [0.29, 0.717) is 9.50 Å². The van der Waals surface area contributed by atoms with Gasteiger partial charge in [0.1, 0.15) is 4.90 Å². The summed E-state index contributed by atoms with van der Waals surface area (Å²) in [7, 11) is -3.82. The van der Waals surface area contributed by atoms with Gasteiger partial charge in [-0.3, -0.25) is 0 Å². The molecule has 0 bridgehead atoms. The SMILES string of the molecule is Cc1nc(NS(=O)(=O)c2cccc(Cl)c2Br)nc2c1CCCC2. The van der Waals surface area contributed by atoms with Gasteiger partial charge in [0.2, 0.25) is 5.95 Å². The van der Waals surface area contributed by atoms with Gasteiger partial charge in [0.25, 0.3) is 10.0 Å². The van der Waals surface area contributed by atoms with Gasteiger partial charge in [-0.15, -0.1) is 0 Å². The molecule has 2 aromatic rings. The van der Waals surface area contributed by atoms with E-state index in [1.54, 1.807) is 12.1 Å². The fraction of sp³-hybridized carbons (Fsp3) is 0.333. The van der Waals surface area contributed by atoms with Gasteiger partial charge in [-0.1, -0.05) is 17.7 Å². The van der Waals surface area contributed by atoms with Crippen LogP contribution < -0.4 is 4.72 Å². The normalized spacial score (nSPS) is 14.4. The maximum absolute atomic E-state index is 12.6. The molecule has 1 aromatic carbocycles. The largest absolute Gasteiger partial charge is 0.265 e. The molecule has 8 heteroatoms. The van der Waals surface area contributed by atoms with Gasteiger partial charge in [0.15, 0.2) is 0 Å². The van der Waals surface area contributed by atoms with Gasteiger partial charge < -0.3 is 0 Å². The summed E-state index contributed by atoms with van der Waals surface area (Å²) < 4.78 is 27.9. The number of aryl methyl sites for hydroxylation is 2. The summed E-state index contributed by atoms with van der Waals surface area (Å²) in [5.74, 6) is 0.107. The van der Waals surface area contributed by atoms with Crippen molar-refractivity contribution in [2.45, 2.75) is 37.5 Å². The minimum atomic E-state index is -3.82. The number of rotatable bonds is 3. The van der Waals surface area contributed by atoms with Gasteiger partial charge in [-0.2, -0.15) is 0 Å². The Labute approximate surface area is 148 Å². The first kappa shape index (κ1) is 16.7. The number of fused-ring (bicyclic) bond motifs is 1. The molecule has 0 amide bonds. The van der Waals surface area contributed by atoms with E-state index >= 15 is 0 Å². The fourth-order valence-electron chi connectivity index (χ4n) is 2.69. The molecule has 0 saturated carbocycles. The van der Waals surface area contributed by atoms with Gasteiger partial charge in [-0.05, 0) is 66.2 Å². The van der Waals surface area contributed by atoms with E-state index in [0.717, 1.165) is 42.6 Å². The second-order valence-corrected chi connectivity index (χ2v) is 8.27. The Bertz CT molecular complexity index is 871. The summed E-state index contributed by atoms with van der Waals surface area (Å²) in [6.45, 7) is 1.89. The lowest BCUT2D eigenvalue weighted by atomic mass is 9.95. The highest BCUT2D eigenvalue weighted by molar-refractivity contribution is 9.10. The van der Waals surface area contributed by atoms with Crippen LogP contribution in [0.25, 0.3) is 0 Å². The highest BCUT2D eigenvalue weighted by atomic mass is 79.9. The molecule has 0 spiro atoms. The molecule has 1 heterocycles.